The van der Waals surface area contributed by atoms with E-state index >= 15 is 0 Å². The van der Waals surface area contributed by atoms with Crippen LogP contribution in [0.3, 0.4) is 0 Å². The monoisotopic (exact) mass is 199 g/mol. The van der Waals surface area contributed by atoms with Crippen LogP contribution in [-0.4, -0.2) is 18.3 Å². The van der Waals surface area contributed by atoms with Gasteiger partial charge >= 0.3 is 0 Å². The van der Waals surface area contributed by atoms with Crippen LogP contribution >= 0.6 is 0 Å². The highest BCUT2D eigenvalue weighted by Gasteiger charge is 2.05. The third-order valence-electron chi connectivity index (χ3n) is 1.87. The van der Waals surface area contributed by atoms with Crippen LogP contribution in [0.1, 0.15) is 34.1 Å². The molecule has 0 heterocycles. The summed E-state index contributed by atoms with van der Waals surface area (Å²) in [6, 6.07) is 0. The lowest BCUT2D eigenvalue weighted by molar-refractivity contribution is 0.230. The number of allylic oxidation sites excluding steroid dienone is 4. The first-order valence-electron chi connectivity index (χ1n) is 5.37. The summed E-state index contributed by atoms with van der Waals surface area (Å²) < 4.78 is 0. The minimum absolute atomic E-state index is 0.172. The molecule has 0 aromatic rings. The van der Waals surface area contributed by atoms with Gasteiger partial charge in [-0.25, -0.2) is 0 Å². The van der Waals surface area contributed by atoms with E-state index in [2.05, 4.69) is 12.2 Å². The number of aliphatic hydroxyl groups excluding tert-OH is 1. The molecule has 0 aliphatic carbocycles. The first-order chi connectivity index (χ1) is 6.78. The maximum absolute atomic E-state index is 8.91. The van der Waals surface area contributed by atoms with E-state index in [-0.39, 0.29) is 12.5 Å². The molecule has 0 amide bonds. The van der Waals surface area contributed by atoms with Crippen LogP contribution in [0.4, 0.5) is 0 Å². The Bertz CT molecular complexity index is 158. The van der Waals surface area contributed by atoms with E-state index in [1.165, 1.54) is 5.57 Å². The molecule has 14 heavy (non-hydrogen) atoms. The van der Waals surface area contributed by atoms with E-state index in [1.807, 2.05) is 33.8 Å². The molecule has 1 unspecified atom stereocenters. The Morgan fingerprint density at radius 2 is 1.93 bits per heavy atom. The molecule has 0 fully saturated rings. The predicted molar refractivity (Wildman–Crippen MR) is 64.2 cm³/mol. The number of rotatable bonds is 5. The molecule has 0 radical (unpaired) electrons. The molecular formula is C12H25NO. The first-order valence-corrected chi connectivity index (χ1v) is 5.37. The standard InChI is InChI=1S/C10H19NO.C2H6/c1-3-5-9(4-2)6-10(7-11)8-12;1-2/h3-5,10,12H,6-8,11H2,1-2H3;1-2H3/b5-3-,9-4+;. The third kappa shape index (κ3) is 8.02. The van der Waals surface area contributed by atoms with Crippen LogP contribution in [0, 0.1) is 5.92 Å². The summed E-state index contributed by atoms with van der Waals surface area (Å²) in [4.78, 5) is 0. The number of hydrogen-bond acceptors (Lipinski definition) is 2. The minimum Gasteiger partial charge on any atom is -0.396 e. The molecule has 0 aliphatic rings. The van der Waals surface area contributed by atoms with Gasteiger partial charge in [0.2, 0.25) is 0 Å². The zero-order valence-corrected chi connectivity index (χ0v) is 9.96. The molecule has 0 bridgehead atoms. The number of aliphatic hydroxyl groups is 1. The fourth-order valence-electron chi connectivity index (χ4n) is 1.05. The van der Waals surface area contributed by atoms with Gasteiger partial charge in [-0.05, 0) is 32.7 Å². The van der Waals surface area contributed by atoms with Crippen LogP contribution in [0.2, 0.25) is 0 Å². The molecule has 0 rings (SSSR count). The van der Waals surface area contributed by atoms with Crippen molar-refractivity contribution in [3.8, 4) is 0 Å². The molecule has 2 nitrogen and oxygen atoms in total. The summed E-state index contributed by atoms with van der Waals surface area (Å²) in [6.07, 6.45) is 6.98. The van der Waals surface area contributed by atoms with Crippen molar-refractivity contribution in [3.63, 3.8) is 0 Å². The Morgan fingerprint density at radius 3 is 2.21 bits per heavy atom. The van der Waals surface area contributed by atoms with Crippen molar-refractivity contribution < 1.29 is 5.11 Å². The second-order valence-electron chi connectivity index (χ2n) is 2.85. The summed E-state index contributed by atoms with van der Waals surface area (Å²) in [5.41, 5.74) is 6.71. The molecule has 0 aliphatic heterocycles. The summed E-state index contributed by atoms with van der Waals surface area (Å²) >= 11 is 0. The van der Waals surface area contributed by atoms with E-state index in [4.69, 9.17) is 10.8 Å². The maximum atomic E-state index is 8.91. The van der Waals surface area contributed by atoms with Crippen molar-refractivity contribution in [2.45, 2.75) is 34.1 Å². The lowest BCUT2D eigenvalue weighted by Crippen LogP contribution is -2.18. The summed E-state index contributed by atoms with van der Waals surface area (Å²) in [6.45, 7) is 8.71. The van der Waals surface area contributed by atoms with Crippen molar-refractivity contribution in [1.82, 2.24) is 0 Å². The van der Waals surface area contributed by atoms with Crippen molar-refractivity contribution in [3.05, 3.63) is 23.8 Å². The van der Waals surface area contributed by atoms with Gasteiger partial charge in [-0.15, -0.1) is 0 Å². The average molecular weight is 199 g/mol. The maximum Gasteiger partial charge on any atom is 0.0474 e. The van der Waals surface area contributed by atoms with Crippen molar-refractivity contribution >= 4 is 0 Å². The fraction of sp³-hybridized carbons (Fsp3) is 0.667. The van der Waals surface area contributed by atoms with Crippen LogP contribution in [0.25, 0.3) is 0 Å². The van der Waals surface area contributed by atoms with E-state index in [9.17, 15) is 0 Å². The highest BCUT2D eigenvalue weighted by Crippen LogP contribution is 2.11. The minimum atomic E-state index is 0.172. The molecule has 0 saturated carbocycles. The summed E-state index contributed by atoms with van der Waals surface area (Å²) in [7, 11) is 0. The van der Waals surface area contributed by atoms with Crippen LogP contribution in [0.15, 0.2) is 23.8 Å². The normalized spacial score (nSPS) is 13.7. The smallest absolute Gasteiger partial charge is 0.0474 e. The van der Waals surface area contributed by atoms with E-state index in [1.54, 1.807) is 0 Å². The van der Waals surface area contributed by atoms with Crippen LogP contribution in [-0.2, 0) is 0 Å². The van der Waals surface area contributed by atoms with Gasteiger partial charge in [-0.2, -0.15) is 0 Å². The highest BCUT2D eigenvalue weighted by molar-refractivity contribution is 5.17. The Kier molecular flexibility index (Phi) is 14.0. The van der Waals surface area contributed by atoms with E-state index in [0.29, 0.717) is 6.54 Å². The van der Waals surface area contributed by atoms with Gasteiger partial charge in [-0.3, -0.25) is 0 Å². The van der Waals surface area contributed by atoms with E-state index in [0.717, 1.165) is 6.42 Å². The second kappa shape index (κ2) is 12.4. The van der Waals surface area contributed by atoms with Gasteiger partial charge in [0, 0.05) is 6.61 Å². The van der Waals surface area contributed by atoms with Crippen molar-refractivity contribution in [2.24, 2.45) is 11.7 Å². The first kappa shape index (κ1) is 15.9. The third-order valence-corrected chi connectivity index (χ3v) is 1.87. The van der Waals surface area contributed by atoms with Crippen LogP contribution in [0.5, 0.6) is 0 Å². The Morgan fingerprint density at radius 1 is 1.36 bits per heavy atom. The molecule has 0 aromatic carbocycles. The number of nitrogens with two attached hydrogens (primary N) is 1. The largest absolute Gasteiger partial charge is 0.396 e. The molecule has 3 N–H and O–H groups in total. The average Bonchev–Trinajstić information content (AvgIpc) is 2.27. The zero-order valence-electron chi connectivity index (χ0n) is 9.96. The van der Waals surface area contributed by atoms with Gasteiger partial charge in [0.05, 0.1) is 0 Å². The molecule has 0 aromatic heterocycles. The quantitative estimate of drug-likeness (QED) is 0.668. The second-order valence-corrected chi connectivity index (χ2v) is 2.85. The van der Waals surface area contributed by atoms with Crippen molar-refractivity contribution in [2.75, 3.05) is 13.2 Å². The number of hydrogen-bond donors (Lipinski definition) is 2. The lowest BCUT2D eigenvalue weighted by Gasteiger charge is -2.11. The predicted octanol–water partition coefficient (Wildman–Crippen LogP) is 2.49. The van der Waals surface area contributed by atoms with Gasteiger partial charge < -0.3 is 10.8 Å². The van der Waals surface area contributed by atoms with Gasteiger partial charge in [-0.1, -0.05) is 37.6 Å². The Labute approximate surface area is 88.5 Å². The van der Waals surface area contributed by atoms with Gasteiger partial charge in [0.1, 0.15) is 0 Å². The molecule has 0 spiro atoms. The molecule has 0 saturated heterocycles. The molecule has 1 atom stereocenters. The van der Waals surface area contributed by atoms with Gasteiger partial charge in [0.15, 0.2) is 0 Å². The van der Waals surface area contributed by atoms with Gasteiger partial charge in [0.25, 0.3) is 0 Å². The van der Waals surface area contributed by atoms with Crippen molar-refractivity contribution in [1.29, 1.82) is 0 Å². The highest BCUT2D eigenvalue weighted by atomic mass is 16.3. The zero-order chi connectivity index (χ0) is 11.4. The summed E-state index contributed by atoms with van der Waals surface area (Å²) in [5, 5.41) is 8.91. The fourth-order valence-corrected chi connectivity index (χ4v) is 1.05. The SMILES string of the molecule is C/C=C\C(=C/C)CC(CN)CO.CC. The lowest BCUT2D eigenvalue weighted by atomic mass is 10.00. The molecule has 2 heteroatoms. The topological polar surface area (TPSA) is 46.2 Å². The molecule has 84 valence electrons. The van der Waals surface area contributed by atoms with E-state index < -0.39 is 0 Å². The Hall–Kier alpha value is -0.600. The Balaban J connectivity index is 0. The van der Waals surface area contributed by atoms with Crippen LogP contribution < -0.4 is 5.73 Å². The molecular weight excluding hydrogens is 174 g/mol. The summed E-state index contributed by atoms with van der Waals surface area (Å²) in [5.74, 6) is 0.201.